The Balaban J connectivity index is 3.22. The maximum absolute atomic E-state index is 10.8. The van der Waals surface area contributed by atoms with E-state index in [4.69, 9.17) is 15.3 Å². The summed E-state index contributed by atoms with van der Waals surface area (Å²) in [5.41, 5.74) is 0. The van der Waals surface area contributed by atoms with E-state index in [0.29, 0.717) is 12.8 Å². The zero-order valence-electron chi connectivity index (χ0n) is 16.7. The van der Waals surface area contributed by atoms with Gasteiger partial charge in [0.15, 0.2) is 5.92 Å². The lowest BCUT2D eigenvalue weighted by atomic mass is 10.00. The SMILES string of the molecule is O=C(O)CCCCCCCCCCCCCCCCCC(C(=O)O)C(=O)O. The van der Waals surface area contributed by atoms with Crippen molar-refractivity contribution in [1.82, 2.24) is 0 Å². The topological polar surface area (TPSA) is 112 Å². The van der Waals surface area contributed by atoms with Gasteiger partial charge in [-0.25, -0.2) is 0 Å². The van der Waals surface area contributed by atoms with E-state index >= 15 is 0 Å². The molecule has 0 aliphatic heterocycles. The van der Waals surface area contributed by atoms with E-state index in [9.17, 15) is 14.4 Å². The summed E-state index contributed by atoms with van der Waals surface area (Å²) < 4.78 is 0. The Hall–Kier alpha value is -1.59. The van der Waals surface area contributed by atoms with Crippen LogP contribution in [0.15, 0.2) is 0 Å². The van der Waals surface area contributed by atoms with Gasteiger partial charge >= 0.3 is 17.9 Å². The van der Waals surface area contributed by atoms with Crippen LogP contribution in [0.25, 0.3) is 0 Å². The van der Waals surface area contributed by atoms with Crippen LogP contribution in [0, 0.1) is 5.92 Å². The van der Waals surface area contributed by atoms with Crippen molar-refractivity contribution >= 4 is 17.9 Å². The number of aliphatic carboxylic acids is 3. The van der Waals surface area contributed by atoms with E-state index in [1.54, 1.807) is 0 Å². The molecule has 0 atom stereocenters. The smallest absolute Gasteiger partial charge is 0.317 e. The standard InChI is InChI=1S/C21H38O6/c22-19(23)17-15-13-11-9-7-5-3-1-2-4-6-8-10-12-14-16-18(20(24)25)21(26)27/h18H,1-17H2,(H,22,23)(H,24,25)(H,26,27). The monoisotopic (exact) mass is 386 g/mol. The van der Waals surface area contributed by atoms with E-state index in [0.717, 1.165) is 38.5 Å². The molecule has 27 heavy (non-hydrogen) atoms. The molecule has 0 heterocycles. The highest BCUT2D eigenvalue weighted by molar-refractivity contribution is 5.92. The molecule has 0 amide bonds. The van der Waals surface area contributed by atoms with Crippen LogP contribution in [-0.2, 0) is 14.4 Å². The predicted octanol–water partition coefficient (Wildman–Crippen LogP) is 5.49. The number of unbranched alkanes of at least 4 members (excludes halogenated alkanes) is 14. The third kappa shape index (κ3) is 17.6. The molecule has 0 spiro atoms. The summed E-state index contributed by atoms with van der Waals surface area (Å²) in [7, 11) is 0. The van der Waals surface area contributed by atoms with Crippen LogP contribution < -0.4 is 0 Å². The molecule has 0 unspecified atom stereocenters. The first-order valence-electron chi connectivity index (χ1n) is 10.6. The van der Waals surface area contributed by atoms with E-state index in [-0.39, 0.29) is 6.42 Å². The van der Waals surface area contributed by atoms with Crippen LogP contribution >= 0.6 is 0 Å². The first-order chi connectivity index (χ1) is 12.9. The summed E-state index contributed by atoms with van der Waals surface area (Å²) in [5, 5.41) is 26.1. The molecule has 6 nitrogen and oxygen atoms in total. The second-order valence-electron chi connectivity index (χ2n) is 7.46. The Morgan fingerprint density at radius 1 is 0.481 bits per heavy atom. The number of carboxylic acid groups (broad SMARTS) is 3. The van der Waals surface area contributed by atoms with Crippen LogP contribution in [0.1, 0.15) is 109 Å². The van der Waals surface area contributed by atoms with Gasteiger partial charge in [-0.1, -0.05) is 89.9 Å². The van der Waals surface area contributed by atoms with Crippen molar-refractivity contribution in [2.45, 2.75) is 109 Å². The minimum Gasteiger partial charge on any atom is -0.481 e. The largest absolute Gasteiger partial charge is 0.481 e. The minimum atomic E-state index is -1.25. The van der Waals surface area contributed by atoms with Crippen LogP contribution in [0.5, 0.6) is 0 Å². The number of carboxylic acids is 3. The Kier molecular flexibility index (Phi) is 16.8. The lowest BCUT2D eigenvalue weighted by Gasteiger charge is -2.07. The molecular weight excluding hydrogens is 348 g/mol. The summed E-state index contributed by atoms with van der Waals surface area (Å²) in [6, 6.07) is 0. The fraction of sp³-hybridized carbons (Fsp3) is 0.857. The third-order valence-electron chi connectivity index (χ3n) is 4.98. The summed E-state index contributed by atoms with van der Waals surface area (Å²) in [6.45, 7) is 0. The second-order valence-corrected chi connectivity index (χ2v) is 7.46. The maximum atomic E-state index is 10.8. The second kappa shape index (κ2) is 17.8. The van der Waals surface area contributed by atoms with Gasteiger partial charge in [0.05, 0.1) is 0 Å². The first-order valence-corrected chi connectivity index (χ1v) is 10.6. The lowest BCUT2D eigenvalue weighted by Crippen LogP contribution is -2.23. The van der Waals surface area contributed by atoms with Gasteiger partial charge in [0.1, 0.15) is 0 Å². The Morgan fingerprint density at radius 3 is 1.07 bits per heavy atom. The quantitative estimate of drug-likeness (QED) is 0.188. The summed E-state index contributed by atoms with van der Waals surface area (Å²) in [5.74, 6) is -4.42. The molecule has 6 heteroatoms. The lowest BCUT2D eigenvalue weighted by molar-refractivity contribution is -0.154. The van der Waals surface area contributed by atoms with Crippen LogP contribution in [0.4, 0.5) is 0 Å². The Morgan fingerprint density at radius 2 is 0.778 bits per heavy atom. The zero-order chi connectivity index (χ0) is 20.3. The summed E-state index contributed by atoms with van der Waals surface area (Å²) in [6.07, 6.45) is 17.2. The van der Waals surface area contributed by atoms with E-state index < -0.39 is 23.8 Å². The molecule has 0 aliphatic carbocycles. The molecule has 0 saturated carbocycles. The summed E-state index contributed by atoms with van der Waals surface area (Å²) >= 11 is 0. The van der Waals surface area contributed by atoms with Crippen LogP contribution in [0.2, 0.25) is 0 Å². The molecular formula is C21H38O6. The molecule has 0 saturated heterocycles. The highest BCUT2D eigenvalue weighted by atomic mass is 16.4. The number of hydrogen-bond acceptors (Lipinski definition) is 3. The molecule has 3 N–H and O–H groups in total. The van der Waals surface area contributed by atoms with Crippen LogP contribution in [-0.4, -0.2) is 33.2 Å². The minimum absolute atomic E-state index is 0.226. The fourth-order valence-electron chi connectivity index (χ4n) is 3.28. The molecule has 0 fully saturated rings. The third-order valence-corrected chi connectivity index (χ3v) is 4.98. The highest BCUT2D eigenvalue weighted by Gasteiger charge is 2.24. The van der Waals surface area contributed by atoms with E-state index in [1.807, 2.05) is 0 Å². The van der Waals surface area contributed by atoms with E-state index in [2.05, 4.69) is 0 Å². The Labute approximate surface area is 163 Å². The molecule has 0 aromatic rings. The molecule has 0 aliphatic rings. The van der Waals surface area contributed by atoms with Gasteiger partial charge in [0.2, 0.25) is 0 Å². The van der Waals surface area contributed by atoms with Gasteiger partial charge in [-0.3, -0.25) is 14.4 Å². The zero-order valence-corrected chi connectivity index (χ0v) is 16.7. The van der Waals surface area contributed by atoms with Crippen molar-refractivity contribution in [3.8, 4) is 0 Å². The Bertz CT molecular complexity index is 393. The molecule has 158 valence electrons. The molecule has 0 aromatic heterocycles. The predicted molar refractivity (Wildman–Crippen MR) is 105 cm³/mol. The number of rotatable bonds is 20. The van der Waals surface area contributed by atoms with Gasteiger partial charge in [-0.2, -0.15) is 0 Å². The van der Waals surface area contributed by atoms with Gasteiger partial charge < -0.3 is 15.3 Å². The number of carbonyl (C=O) groups is 3. The van der Waals surface area contributed by atoms with E-state index in [1.165, 1.54) is 51.4 Å². The van der Waals surface area contributed by atoms with Crippen molar-refractivity contribution in [2.75, 3.05) is 0 Å². The highest BCUT2D eigenvalue weighted by Crippen LogP contribution is 2.15. The molecule has 0 bridgehead atoms. The van der Waals surface area contributed by atoms with Crippen molar-refractivity contribution in [2.24, 2.45) is 5.92 Å². The van der Waals surface area contributed by atoms with Gasteiger partial charge in [0, 0.05) is 6.42 Å². The average molecular weight is 387 g/mol. The van der Waals surface area contributed by atoms with Crippen LogP contribution in [0.3, 0.4) is 0 Å². The fourth-order valence-corrected chi connectivity index (χ4v) is 3.28. The van der Waals surface area contributed by atoms with Gasteiger partial charge in [0.25, 0.3) is 0 Å². The van der Waals surface area contributed by atoms with Crippen molar-refractivity contribution in [3.05, 3.63) is 0 Å². The average Bonchev–Trinajstić information content (AvgIpc) is 2.59. The van der Waals surface area contributed by atoms with Crippen molar-refractivity contribution in [3.63, 3.8) is 0 Å². The van der Waals surface area contributed by atoms with Gasteiger partial charge in [-0.15, -0.1) is 0 Å². The number of hydrogen-bond donors (Lipinski definition) is 3. The maximum Gasteiger partial charge on any atom is 0.317 e. The molecule has 0 rings (SSSR count). The molecule has 0 radical (unpaired) electrons. The molecule has 0 aromatic carbocycles. The van der Waals surface area contributed by atoms with Crippen molar-refractivity contribution in [1.29, 1.82) is 0 Å². The normalized spacial score (nSPS) is 11.0. The van der Waals surface area contributed by atoms with Gasteiger partial charge in [-0.05, 0) is 12.8 Å². The first kappa shape index (κ1) is 25.4. The summed E-state index contributed by atoms with van der Waals surface area (Å²) in [4.78, 5) is 31.9. The van der Waals surface area contributed by atoms with Crippen molar-refractivity contribution < 1.29 is 29.7 Å².